The molecule has 1 aliphatic rings. The Balaban J connectivity index is 2.76. The lowest BCUT2D eigenvalue weighted by atomic mass is 9.84. The molecule has 0 radical (unpaired) electrons. The van der Waals surface area contributed by atoms with E-state index >= 15 is 0 Å². The molecule has 14 heteroatoms. The van der Waals surface area contributed by atoms with E-state index in [-0.39, 0.29) is 5.41 Å². The first-order chi connectivity index (χ1) is 22.4. The van der Waals surface area contributed by atoms with E-state index in [9.17, 15) is 0 Å². The Morgan fingerprint density at radius 3 is 1.35 bits per heavy atom. The van der Waals surface area contributed by atoms with Crippen molar-refractivity contribution in [3.8, 4) is 0 Å². The standard InChI is InChI=1S/C32H74O9Si5/c1-7-11-18-33-21-14-25-42-38-46(39-43-26-15-22-34-19-12-8-2,40-44-27-16-23-35-20-13-9-3)41-45(5,6)28-17-24-36-29-32(10-4)30-37-31-32/h7-31,42-44H2,1-6H3. The van der Waals surface area contributed by atoms with E-state index in [0.717, 1.165) is 142 Å². The molecule has 0 bridgehead atoms. The SMILES string of the molecule is CCCCOCCC[SiH2]O[Si](O[SiH2]CCCOCCCC)(O[SiH2]CCCOCCCC)O[Si](C)(C)CCCOCC1(CC)COC1. The molecule has 276 valence electrons. The molecule has 0 amide bonds. The molecule has 46 heavy (non-hydrogen) atoms. The summed E-state index contributed by atoms with van der Waals surface area (Å²) in [6.45, 7) is 21.6. The van der Waals surface area contributed by atoms with Crippen molar-refractivity contribution in [2.24, 2.45) is 5.41 Å². The van der Waals surface area contributed by atoms with Gasteiger partial charge in [-0.1, -0.05) is 47.0 Å². The van der Waals surface area contributed by atoms with Crippen molar-refractivity contribution in [1.82, 2.24) is 0 Å². The van der Waals surface area contributed by atoms with E-state index in [2.05, 4.69) is 40.8 Å². The molecule has 1 fully saturated rings. The topological polar surface area (TPSA) is 83.1 Å². The van der Waals surface area contributed by atoms with Gasteiger partial charge >= 0.3 is 9.05 Å². The minimum absolute atomic E-state index is 0.226. The first-order valence-corrected chi connectivity index (χ1v) is 28.3. The van der Waals surface area contributed by atoms with Crippen LogP contribution in [-0.4, -0.2) is 113 Å². The molecule has 0 saturated carbocycles. The molecule has 1 aliphatic heterocycles. The third-order valence-corrected chi connectivity index (χ3v) is 22.1. The summed E-state index contributed by atoms with van der Waals surface area (Å²) in [5, 5.41) is 0. The van der Waals surface area contributed by atoms with Gasteiger partial charge in [-0.05, 0) is 88.6 Å². The minimum atomic E-state index is -3.21. The summed E-state index contributed by atoms with van der Waals surface area (Å²) in [4.78, 5) is 0. The average molecular weight is 743 g/mol. The second kappa shape index (κ2) is 29.5. The molecule has 0 unspecified atom stereocenters. The van der Waals surface area contributed by atoms with Crippen molar-refractivity contribution in [3.05, 3.63) is 0 Å². The van der Waals surface area contributed by atoms with Crippen LogP contribution in [0.4, 0.5) is 0 Å². The van der Waals surface area contributed by atoms with Gasteiger partial charge in [0.15, 0.2) is 37.6 Å². The van der Waals surface area contributed by atoms with Crippen molar-refractivity contribution in [1.29, 1.82) is 0 Å². The van der Waals surface area contributed by atoms with Crippen LogP contribution in [0.15, 0.2) is 0 Å². The number of hydrogen-bond acceptors (Lipinski definition) is 9. The first-order valence-electron chi connectivity index (χ1n) is 18.9. The zero-order chi connectivity index (χ0) is 33.7. The fraction of sp³-hybridized carbons (Fsp3) is 1.00. The van der Waals surface area contributed by atoms with Gasteiger partial charge in [0, 0.05) is 51.7 Å². The molecular weight excluding hydrogens is 669 g/mol. The number of hydrogen-bond donors (Lipinski definition) is 0. The Bertz CT molecular complexity index is 622. The summed E-state index contributed by atoms with van der Waals surface area (Å²) in [5.41, 5.74) is 0.226. The van der Waals surface area contributed by atoms with Crippen molar-refractivity contribution < 1.29 is 40.1 Å². The van der Waals surface area contributed by atoms with E-state index < -0.39 is 46.7 Å². The lowest BCUT2D eigenvalue weighted by Gasteiger charge is -2.40. The summed E-state index contributed by atoms with van der Waals surface area (Å²) in [5.74, 6) is 0. The van der Waals surface area contributed by atoms with E-state index in [4.69, 9.17) is 40.1 Å². The van der Waals surface area contributed by atoms with E-state index in [1.807, 2.05) is 0 Å². The van der Waals surface area contributed by atoms with Gasteiger partial charge in [0.25, 0.3) is 0 Å². The third-order valence-electron chi connectivity index (χ3n) is 8.26. The molecular formula is C32H74O9Si5. The third kappa shape index (κ3) is 23.2. The van der Waals surface area contributed by atoms with Gasteiger partial charge in [-0.2, -0.15) is 0 Å². The Kier molecular flexibility index (Phi) is 28.7. The Morgan fingerprint density at radius 1 is 0.565 bits per heavy atom. The van der Waals surface area contributed by atoms with Gasteiger partial charge in [0.1, 0.15) is 0 Å². The quantitative estimate of drug-likeness (QED) is 0.0598. The van der Waals surface area contributed by atoms with Gasteiger partial charge in [0.05, 0.1) is 19.8 Å². The predicted octanol–water partition coefficient (Wildman–Crippen LogP) is 5.65. The Labute approximate surface area is 293 Å². The van der Waals surface area contributed by atoms with Gasteiger partial charge in [-0.15, -0.1) is 0 Å². The second-order valence-corrected chi connectivity index (χ2v) is 26.1. The maximum Gasteiger partial charge on any atom is 0.635 e. The highest BCUT2D eigenvalue weighted by Gasteiger charge is 2.48. The largest absolute Gasteiger partial charge is 0.635 e. The van der Waals surface area contributed by atoms with Crippen LogP contribution >= 0.6 is 0 Å². The van der Waals surface area contributed by atoms with Crippen LogP contribution in [0.1, 0.15) is 98.3 Å². The van der Waals surface area contributed by atoms with E-state index in [0.29, 0.717) is 0 Å². The van der Waals surface area contributed by atoms with Crippen LogP contribution in [0, 0.1) is 5.41 Å². The van der Waals surface area contributed by atoms with Crippen molar-refractivity contribution in [2.45, 2.75) is 136 Å². The van der Waals surface area contributed by atoms with Gasteiger partial charge in [-0.25, -0.2) is 0 Å². The Hall–Kier alpha value is 0.724. The van der Waals surface area contributed by atoms with Crippen LogP contribution in [0.2, 0.25) is 37.3 Å². The fourth-order valence-corrected chi connectivity index (χ4v) is 20.4. The summed E-state index contributed by atoms with van der Waals surface area (Å²) in [6.07, 6.45) is 12.1. The number of ether oxygens (including phenoxy) is 5. The van der Waals surface area contributed by atoms with Crippen LogP contribution in [0.25, 0.3) is 0 Å². The molecule has 1 saturated heterocycles. The first kappa shape index (κ1) is 44.7. The highest BCUT2D eigenvalue weighted by molar-refractivity contribution is 6.82. The summed E-state index contributed by atoms with van der Waals surface area (Å²) >= 11 is 0. The van der Waals surface area contributed by atoms with Crippen molar-refractivity contribution in [2.75, 3.05) is 66.1 Å². The normalized spacial score (nSPS) is 16.8. The molecule has 0 aliphatic carbocycles. The molecule has 1 heterocycles. The van der Waals surface area contributed by atoms with Gasteiger partial charge < -0.3 is 40.1 Å². The van der Waals surface area contributed by atoms with Crippen molar-refractivity contribution >= 4 is 46.7 Å². The number of rotatable bonds is 36. The van der Waals surface area contributed by atoms with Crippen LogP contribution in [0.5, 0.6) is 0 Å². The smallest absolute Gasteiger partial charge is 0.401 e. The molecule has 0 atom stereocenters. The van der Waals surface area contributed by atoms with E-state index in [1.165, 1.54) is 19.3 Å². The molecule has 1 rings (SSSR count). The highest BCUT2D eigenvalue weighted by Crippen LogP contribution is 2.31. The number of unbranched alkanes of at least 4 members (excludes halogenated alkanes) is 3. The minimum Gasteiger partial charge on any atom is -0.401 e. The van der Waals surface area contributed by atoms with Gasteiger partial charge in [-0.3, -0.25) is 0 Å². The fourth-order valence-electron chi connectivity index (χ4n) is 4.83. The van der Waals surface area contributed by atoms with Crippen molar-refractivity contribution in [3.63, 3.8) is 0 Å². The lowest BCUT2D eigenvalue weighted by molar-refractivity contribution is -0.150. The maximum atomic E-state index is 7.05. The predicted molar refractivity (Wildman–Crippen MR) is 202 cm³/mol. The van der Waals surface area contributed by atoms with Gasteiger partial charge in [0.2, 0.25) is 0 Å². The lowest BCUT2D eigenvalue weighted by Crippen LogP contribution is -2.57. The molecule has 0 aromatic rings. The molecule has 0 N–H and O–H groups in total. The second-order valence-electron chi connectivity index (χ2n) is 13.4. The molecule has 9 nitrogen and oxygen atoms in total. The Morgan fingerprint density at radius 2 is 0.978 bits per heavy atom. The van der Waals surface area contributed by atoms with Crippen LogP contribution in [0.3, 0.4) is 0 Å². The van der Waals surface area contributed by atoms with Crippen LogP contribution < -0.4 is 0 Å². The highest BCUT2D eigenvalue weighted by atomic mass is 28.5. The zero-order valence-corrected chi connectivity index (χ0v) is 37.2. The summed E-state index contributed by atoms with van der Waals surface area (Å²) in [7, 11) is -7.93. The maximum absolute atomic E-state index is 7.05. The zero-order valence-electron chi connectivity index (χ0n) is 31.0. The molecule has 0 aromatic heterocycles. The average Bonchev–Trinajstić information content (AvgIpc) is 3.02. The van der Waals surface area contributed by atoms with E-state index in [1.54, 1.807) is 0 Å². The van der Waals surface area contributed by atoms with Crippen LogP contribution in [-0.2, 0) is 40.1 Å². The summed E-state index contributed by atoms with van der Waals surface area (Å²) < 4.78 is 56.4. The monoisotopic (exact) mass is 742 g/mol. The molecule has 0 aromatic carbocycles. The molecule has 0 spiro atoms. The summed E-state index contributed by atoms with van der Waals surface area (Å²) in [6, 6.07) is 4.15.